The number of rotatable bonds is 4. The van der Waals surface area contributed by atoms with Gasteiger partial charge in [-0.25, -0.2) is 8.42 Å². The fourth-order valence-corrected chi connectivity index (χ4v) is 4.54. The van der Waals surface area contributed by atoms with Gasteiger partial charge in [-0.15, -0.1) is 0 Å². The Kier molecular flexibility index (Phi) is 4.42. The molecule has 130 valence electrons. The smallest absolute Gasteiger partial charge is 0.212 e. The van der Waals surface area contributed by atoms with E-state index in [1.54, 1.807) is 38.3 Å². The van der Waals surface area contributed by atoms with Crippen LogP contribution in [0.1, 0.15) is 6.92 Å². The molecular weight excluding hydrogens is 330 g/mol. The van der Waals surface area contributed by atoms with E-state index in [-0.39, 0.29) is 11.0 Å². The molecule has 2 aliphatic rings. The first kappa shape index (κ1) is 17.0. The molecule has 0 bridgehead atoms. The second-order valence-corrected chi connectivity index (χ2v) is 8.14. The van der Waals surface area contributed by atoms with Gasteiger partial charge in [0.1, 0.15) is 12.7 Å². The summed E-state index contributed by atoms with van der Waals surface area (Å²) in [6.07, 6.45) is 6.05. The zero-order valence-electron chi connectivity index (χ0n) is 13.6. The van der Waals surface area contributed by atoms with Gasteiger partial charge < -0.3 is 19.9 Å². The Bertz CT molecular complexity index is 786. The molecule has 0 spiro atoms. The van der Waals surface area contributed by atoms with E-state index in [9.17, 15) is 13.5 Å². The van der Waals surface area contributed by atoms with Crippen LogP contribution in [0.5, 0.6) is 11.5 Å². The molecule has 1 aromatic carbocycles. The number of allylic oxidation sites excluding steroid dienone is 2. The Morgan fingerprint density at radius 1 is 1.33 bits per heavy atom. The third-order valence-electron chi connectivity index (χ3n) is 4.30. The molecule has 1 aliphatic heterocycles. The van der Waals surface area contributed by atoms with E-state index in [0.29, 0.717) is 24.7 Å². The molecule has 1 heterocycles. The molecule has 1 aromatic rings. The highest BCUT2D eigenvalue weighted by Crippen LogP contribution is 2.39. The summed E-state index contributed by atoms with van der Waals surface area (Å²) in [5.74, 6) is 0.312. The lowest BCUT2D eigenvalue weighted by Crippen LogP contribution is -2.43. The summed E-state index contributed by atoms with van der Waals surface area (Å²) in [5.41, 5.74) is 0. The molecule has 7 heteroatoms. The third-order valence-corrected chi connectivity index (χ3v) is 6.55. The maximum absolute atomic E-state index is 13.0. The van der Waals surface area contributed by atoms with Crippen LogP contribution in [0, 0.1) is 5.92 Å². The summed E-state index contributed by atoms with van der Waals surface area (Å²) in [7, 11) is -2.20. The molecule has 3 unspecified atom stereocenters. The normalized spacial score (nSPS) is 28.8. The number of aliphatic hydroxyl groups is 1. The third kappa shape index (κ3) is 2.72. The van der Waals surface area contributed by atoms with Crippen molar-refractivity contribution in [3.05, 3.63) is 42.5 Å². The van der Waals surface area contributed by atoms with Crippen LogP contribution < -0.4 is 14.8 Å². The van der Waals surface area contributed by atoms with E-state index >= 15 is 0 Å². The fraction of sp³-hybridized carbons (Fsp3) is 0.412. The number of nitrogens with one attached hydrogen (secondary N) is 1. The molecule has 3 atom stereocenters. The van der Waals surface area contributed by atoms with Gasteiger partial charge in [-0.2, -0.15) is 0 Å². The second-order valence-electron chi connectivity index (χ2n) is 6.01. The number of ether oxygens (including phenoxy) is 2. The van der Waals surface area contributed by atoms with Crippen LogP contribution in [-0.2, 0) is 9.84 Å². The summed E-state index contributed by atoms with van der Waals surface area (Å²) in [6, 6.07) is 4.42. The lowest BCUT2D eigenvalue weighted by molar-refractivity contribution is 0.0914. The number of sulfone groups is 1. The minimum Gasteiger partial charge on any atom is -0.486 e. The molecule has 0 radical (unpaired) electrons. The summed E-state index contributed by atoms with van der Waals surface area (Å²) in [5, 5.41) is 13.7. The van der Waals surface area contributed by atoms with Crippen LogP contribution in [0.15, 0.2) is 47.4 Å². The zero-order chi connectivity index (χ0) is 17.4. The predicted octanol–water partition coefficient (Wildman–Crippen LogP) is 1.27. The molecule has 0 fully saturated rings. The van der Waals surface area contributed by atoms with Gasteiger partial charge in [0.25, 0.3) is 0 Å². The maximum Gasteiger partial charge on any atom is 0.212 e. The predicted molar refractivity (Wildman–Crippen MR) is 89.9 cm³/mol. The van der Waals surface area contributed by atoms with Crippen molar-refractivity contribution < 1.29 is 23.0 Å². The number of hydrogen-bond donors (Lipinski definition) is 2. The highest BCUT2D eigenvalue weighted by atomic mass is 32.2. The molecule has 6 nitrogen and oxygen atoms in total. The minimum absolute atomic E-state index is 0.00394. The first-order chi connectivity index (χ1) is 11.4. The Morgan fingerprint density at radius 3 is 2.83 bits per heavy atom. The van der Waals surface area contributed by atoms with Gasteiger partial charge in [0.15, 0.2) is 16.4 Å². The molecule has 0 saturated carbocycles. The molecule has 1 aliphatic carbocycles. The Hall–Kier alpha value is -1.83. The lowest BCUT2D eigenvalue weighted by Gasteiger charge is -2.31. The average Bonchev–Trinajstić information content (AvgIpc) is 2.57. The van der Waals surface area contributed by atoms with E-state index in [4.69, 9.17) is 9.47 Å². The van der Waals surface area contributed by atoms with E-state index in [0.717, 1.165) is 0 Å². The Balaban J connectivity index is 1.97. The summed E-state index contributed by atoms with van der Waals surface area (Å²) in [4.78, 5) is -1.97. The average molecular weight is 351 g/mol. The number of fused-ring (bicyclic) bond motifs is 1. The van der Waals surface area contributed by atoms with E-state index in [2.05, 4.69) is 5.32 Å². The van der Waals surface area contributed by atoms with Crippen molar-refractivity contribution in [3.63, 3.8) is 0 Å². The number of benzene rings is 1. The lowest BCUT2D eigenvalue weighted by atomic mass is 9.99. The SMILES string of the molecule is CNCC1COc2ccc(S(=O)(=O)C3(O)C=CC=CC3C)cc2O1. The molecule has 0 aromatic heterocycles. The molecule has 0 amide bonds. The van der Waals surface area contributed by atoms with Crippen LogP contribution in [0.3, 0.4) is 0 Å². The van der Waals surface area contributed by atoms with Gasteiger partial charge in [0.2, 0.25) is 9.84 Å². The van der Waals surface area contributed by atoms with Crippen molar-refractivity contribution in [2.24, 2.45) is 5.92 Å². The number of hydrogen-bond acceptors (Lipinski definition) is 6. The Labute approximate surface area is 141 Å². The number of likely N-dealkylation sites (N-methyl/N-ethyl adjacent to an activating group) is 1. The molecule has 24 heavy (non-hydrogen) atoms. The fourth-order valence-electron chi connectivity index (χ4n) is 2.83. The maximum atomic E-state index is 13.0. The van der Waals surface area contributed by atoms with Crippen LogP contribution in [0.2, 0.25) is 0 Å². The van der Waals surface area contributed by atoms with E-state index in [1.165, 1.54) is 18.2 Å². The van der Waals surface area contributed by atoms with Crippen LogP contribution in [0.4, 0.5) is 0 Å². The van der Waals surface area contributed by atoms with Crippen molar-refractivity contribution in [3.8, 4) is 11.5 Å². The first-order valence-corrected chi connectivity index (χ1v) is 9.28. The van der Waals surface area contributed by atoms with Gasteiger partial charge in [0.05, 0.1) is 4.90 Å². The van der Waals surface area contributed by atoms with E-state index in [1.807, 2.05) is 0 Å². The van der Waals surface area contributed by atoms with Crippen molar-refractivity contribution in [2.75, 3.05) is 20.2 Å². The molecular formula is C17H21NO5S. The van der Waals surface area contributed by atoms with Crippen LogP contribution in [-0.4, -0.2) is 44.8 Å². The van der Waals surface area contributed by atoms with Crippen molar-refractivity contribution >= 4 is 9.84 Å². The largest absolute Gasteiger partial charge is 0.486 e. The standard InChI is InChI=1S/C17H21NO5S/c1-12-5-3-4-8-17(12,19)24(20,21)14-6-7-15-16(9-14)23-13(10-18-2)11-22-15/h3-9,12-13,18-19H,10-11H2,1-2H3. The van der Waals surface area contributed by atoms with Crippen molar-refractivity contribution in [2.45, 2.75) is 22.9 Å². The zero-order valence-corrected chi connectivity index (χ0v) is 14.4. The van der Waals surface area contributed by atoms with Crippen molar-refractivity contribution in [1.29, 1.82) is 0 Å². The molecule has 3 rings (SSSR count). The highest BCUT2D eigenvalue weighted by molar-refractivity contribution is 7.92. The monoisotopic (exact) mass is 351 g/mol. The Morgan fingerprint density at radius 2 is 2.12 bits per heavy atom. The van der Waals surface area contributed by atoms with Gasteiger partial charge in [-0.1, -0.05) is 25.2 Å². The minimum atomic E-state index is -4.01. The van der Waals surface area contributed by atoms with Gasteiger partial charge in [-0.05, 0) is 25.3 Å². The van der Waals surface area contributed by atoms with Crippen molar-refractivity contribution in [1.82, 2.24) is 5.32 Å². The van der Waals surface area contributed by atoms with Gasteiger partial charge in [-0.3, -0.25) is 0 Å². The van der Waals surface area contributed by atoms with Gasteiger partial charge in [0, 0.05) is 18.5 Å². The molecule has 0 saturated heterocycles. The summed E-state index contributed by atoms with van der Waals surface area (Å²) < 4.78 is 37.3. The summed E-state index contributed by atoms with van der Waals surface area (Å²) in [6.45, 7) is 2.65. The summed E-state index contributed by atoms with van der Waals surface area (Å²) >= 11 is 0. The van der Waals surface area contributed by atoms with Crippen LogP contribution in [0.25, 0.3) is 0 Å². The highest BCUT2D eigenvalue weighted by Gasteiger charge is 2.45. The van der Waals surface area contributed by atoms with Gasteiger partial charge >= 0.3 is 0 Å². The topological polar surface area (TPSA) is 84.9 Å². The second kappa shape index (κ2) is 6.23. The quantitative estimate of drug-likeness (QED) is 0.850. The first-order valence-electron chi connectivity index (χ1n) is 7.79. The van der Waals surface area contributed by atoms with Crippen LogP contribution >= 0.6 is 0 Å². The molecule has 2 N–H and O–H groups in total. The van der Waals surface area contributed by atoms with E-state index < -0.39 is 20.7 Å².